The number of aromatic nitrogens is 1. The maximum Gasteiger partial charge on any atom is 0.160 e. The van der Waals surface area contributed by atoms with Gasteiger partial charge in [-0.05, 0) is 43.2 Å². The number of allylic oxidation sites excluding steroid dienone is 5. The van der Waals surface area contributed by atoms with E-state index in [1.165, 1.54) is 13.2 Å². The first kappa shape index (κ1) is 22.1. The summed E-state index contributed by atoms with van der Waals surface area (Å²) in [4.78, 5) is 16.8. The molecule has 0 saturated heterocycles. The summed E-state index contributed by atoms with van der Waals surface area (Å²) in [5, 5.41) is 7.84. The minimum atomic E-state index is -0.303. The number of pyridine rings is 1. The van der Waals surface area contributed by atoms with E-state index in [1.807, 2.05) is 60.7 Å². The summed E-state index contributed by atoms with van der Waals surface area (Å²) in [6, 6.07) is 16.9. The van der Waals surface area contributed by atoms with Gasteiger partial charge in [-0.2, -0.15) is 0 Å². The minimum absolute atomic E-state index is 0.00573. The van der Waals surface area contributed by atoms with Crippen LogP contribution in [0.25, 0.3) is 27.7 Å². The van der Waals surface area contributed by atoms with Gasteiger partial charge in [0.2, 0.25) is 0 Å². The zero-order valence-electron chi connectivity index (χ0n) is 17.7. The van der Waals surface area contributed by atoms with Crippen molar-refractivity contribution in [2.24, 2.45) is 0 Å². The van der Waals surface area contributed by atoms with Gasteiger partial charge in [-0.25, -0.2) is 9.37 Å². The molecule has 1 aromatic heterocycles. The second-order valence-electron chi connectivity index (χ2n) is 6.84. The Bertz CT molecular complexity index is 1190. The van der Waals surface area contributed by atoms with Crippen molar-refractivity contribution in [1.29, 1.82) is 0 Å². The van der Waals surface area contributed by atoms with Crippen LogP contribution in [0.3, 0.4) is 0 Å². The Hall–Kier alpha value is -3.57. The summed E-state index contributed by atoms with van der Waals surface area (Å²) in [6.07, 6.45) is 5.71. The smallest absolute Gasteiger partial charge is 0.160 e. The SMILES string of the molecule is CO.COC1=C(c2ccc(-c3cc(C(C)=O)c4ccccc4n3)cc2)C(F)=CCC=C1. The van der Waals surface area contributed by atoms with Gasteiger partial charge in [-0.3, -0.25) is 4.79 Å². The molecule has 4 nitrogen and oxygen atoms in total. The van der Waals surface area contributed by atoms with Crippen molar-refractivity contribution in [3.63, 3.8) is 0 Å². The van der Waals surface area contributed by atoms with Crippen molar-refractivity contribution in [3.05, 3.63) is 95.5 Å². The van der Waals surface area contributed by atoms with Crippen molar-refractivity contribution in [2.75, 3.05) is 14.2 Å². The summed E-state index contributed by atoms with van der Waals surface area (Å²) in [5.41, 5.74) is 4.13. The first-order valence-electron chi connectivity index (χ1n) is 9.85. The number of Topliss-reactive ketones (excluding diaryl/α,β-unsaturated/α-hetero) is 1. The Kier molecular flexibility index (Phi) is 7.11. The lowest BCUT2D eigenvalue weighted by Crippen LogP contribution is -1.98. The van der Waals surface area contributed by atoms with Crippen LogP contribution in [-0.4, -0.2) is 30.1 Å². The third-order valence-electron chi connectivity index (χ3n) is 4.97. The predicted molar refractivity (Wildman–Crippen MR) is 122 cm³/mol. The molecule has 1 N–H and O–H groups in total. The fourth-order valence-corrected chi connectivity index (χ4v) is 3.52. The summed E-state index contributed by atoms with van der Waals surface area (Å²) in [6.45, 7) is 1.56. The highest BCUT2D eigenvalue weighted by Crippen LogP contribution is 2.33. The highest BCUT2D eigenvalue weighted by Gasteiger charge is 2.16. The average molecular weight is 417 g/mol. The molecule has 0 fully saturated rings. The third-order valence-corrected chi connectivity index (χ3v) is 4.97. The molecular weight excluding hydrogens is 393 g/mol. The molecule has 31 heavy (non-hydrogen) atoms. The van der Waals surface area contributed by atoms with Crippen molar-refractivity contribution < 1.29 is 19.0 Å². The van der Waals surface area contributed by atoms with E-state index >= 15 is 0 Å². The maximum absolute atomic E-state index is 14.6. The molecule has 0 saturated carbocycles. The predicted octanol–water partition coefficient (Wildman–Crippen LogP) is 5.88. The first-order chi connectivity index (χ1) is 15.1. The summed E-state index contributed by atoms with van der Waals surface area (Å²) in [7, 11) is 2.54. The van der Waals surface area contributed by atoms with Gasteiger partial charge in [0.25, 0.3) is 0 Å². The fourth-order valence-electron chi connectivity index (χ4n) is 3.52. The monoisotopic (exact) mass is 417 g/mol. The number of fused-ring (bicyclic) bond motifs is 1. The molecule has 158 valence electrons. The number of methoxy groups -OCH3 is 1. The number of carbonyl (C=O) groups excluding carboxylic acids is 1. The highest BCUT2D eigenvalue weighted by molar-refractivity contribution is 6.07. The van der Waals surface area contributed by atoms with Gasteiger partial charge in [0, 0.05) is 23.6 Å². The molecule has 0 bridgehead atoms. The Labute approximate surface area is 181 Å². The molecule has 0 spiro atoms. The first-order valence-corrected chi connectivity index (χ1v) is 9.85. The van der Waals surface area contributed by atoms with Crippen LogP contribution in [0.15, 0.2) is 84.4 Å². The largest absolute Gasteiger partial charge is 0.496 e. The number of ether oxygens (including phenoxy) is 1. The van der Waals surface area contributed by atoms with Crippen LogP contribution in [0, 0.1) is 0 Å². The molecule has 1 aliphatic rings. The van der Waals surface area contributed by atoms with Gasteiger partial charge in [-0.15, -0.1) is 0 Å². The number of aliphatic hydroxyl groups is 1. The number of aliphatic hydroxyl groups excluding tert-OH is 1. The summed E-state index contributed by atoms with van der Waals surface area (Å²) < 4.78 is 20.0. The van der Waals surface area contributed by atoms with Crippen molar-refractivity contribution in [1.82, 2.24) is 4.98 Å². The van der Waals surface area contributed by atoms with Gasteiger partial charge < -0.3 is 9.84 Å². The van der Waals surface area contributed by atoms with Crippen LogP contribution in [0.4, 0.5) is 4.39 Å². The van der Waals surface area contributed by atoms with Crippen LogP contribution in [0.1, 0.15) is 29.3 Å². The molecular formula is C26H24FNO3. The van der Waals surface area contributed by atoms with Crippen molar-refractivity contribution in [3.8, 4) is 11.3 Å². The molecule has 0 unspecified atom stereocenters. The molecule has 1 heterocycles. The van der Waals surface area contributed by atoms with E-state index in [0.717, 1.165) is 29.1 Å². The molecule has 2 aromatic carbocycles. The zero-order valence-corrected chi connectivity index (χ0v) is 17.7. The van der Waals surface area contributed by atoms with Gasteiger partial charge in [-0.1, -0.05) is 48.5 Å². The van der Waals surface area contributed by atoms with Gasteiger partial charge in [0.1, 0.15) is 11.6 Å². The Balaban J connectivity index is 0.00000132. The van der Waals surface area contributed by atoms with E-state index in [4.69, 9.17) is 14.8 Å². The number of hydrogen-bond donors (Lipinski definition) is 1. The molecule has 0 aliphatic heterocycles. The maximum atomic E-state index is 14.6. The molecule has 3 aromatic rings. The van der Waals surface area contributed by atoms with Crippen molar-refractivity contribution >= 4 is 22.3 Å². The number of hydrogen-bond acceptors (Lipinski definition) is 4. The lowest BCUT2D eigenvalue weighted by atomic mass is 9.98. The second kappa shape index (κ2) is 9.96. The van der Waals surface area contributed by atoms with E-state index in [9.17, 15) is 9.18 Å². The lowest BCUT2D eigenvalue weighted by Gasteiger charge is -2.11. The minimum Gasteiger partial charge on any atom is -0.496 e. The number of benzene rings is 2. The van der Waals surface area contributed by atoms with E-state index in [1.54, 1.807) is 13.0 Å². The summed E-state index contributed by atoms with van der Waals surface area (Å²) >= 11 is 0. The van der Waals surface area contributed by atoms with E-state index in [0.29, 0.717) is 29.0 Å². The van der Waals surface area contributed by atoms with Gasteiger partial charge in [0.15, 0.2) is 5.78 Å². The Morgan fingerprint density at radius 3 is 2.42 bits per heavy atom. The fraction of sp³-hybridized carbons (Fsp3) is 0.154. The van der Waals surface area contributed by atoms with Crippen LogP contribution < -0.4 is 0 Å². The number of rotatable bonds is 4. The zero-order chi connectivity index (χ0) is 22.4. The molecule has 0 radical (unpaired) electrons. The van der Waals surface area contributed by atoms with Crippen LogP contribution in [-0.2, 0) is 4.74 Å². The van der Waals surface area contributed by atoms with Crippen molar-refractivity contribution in [2.45, 2.75) is 13.3 Å². The standard InChI is InChI=1S/C25H20FNO2.CH4O/c1-16(28)20-15-23(27-22-9-5-3-7-19(20)22)17-11-13-18(14-12-17)25-21(26)8-4-6-10-24(25)29-2;1-2/h3,5-15H,4H2,1-2H3;2H,1H3. The van der Waals surface area contributed by atoms with Crippen LogP contribution >= 0.6 is 0 Å². The normalized spacial score (nSPS) is 13.3. The topological polar surface area (TPSA) is 59.4 Å². The lowest BCUT2D eigenvalue weighted by molar-refractivity contribution is 0.101. The van der Waals surface area contributed by atoms with Gasteiger partial charge >= 0.3 is 0 Å². The molecule has 0 atom stereocenters. The molecule has 0 amide bonds. The Morgan fingerprint density at radius 1 is 1.06 bits per heavy atom. The third kappa shape index (κ3) is 4.62. The number of ketones is 1. The van der Waals surface area contributed by atoms with Crippen LogP contribution in [0.2, 0.25) is 0 Å². The van der Waals surface area contributed by atoms with E-state index in [-0.39, 0.29) is 11.6 Å². The average Bonchev–Trinajstić information content (AvgIpc) is 3.00. The van der Waals surface area contributed by atoms with E-state index < -0.39 is 0 Å². The van der Waals surface area contributed by atoms with Gasteiger partial charge in [0.05, 0.1) is 23.9 Å². The quantitative estimate of drug-likeness (QED) is 0.538. The molecule has 5 heteroatoms. The molecule has 4 rings (SSSR count). The highest BCUT2D eigenvalue weighted by atomic mass is 19.1. The number of para-hydroxylation sites is 1. The number of halogens is 1. The second-order valence-corrected chi connectivity index (χ2v) is 6.84. The van der Waals surface area contributed by atoms with Crippen LogP contribution in [0.5, 0.6) is 0 Å². The summed E-state index contributed by atoms with van der Waals surface area (Å²) in [5.74, 6) is 0.183. The Morgan fingerprint density at radius 2 is 1.74 bits per heavy atom. The molecule has 1 aliphatic carbocycles. The number of carbonyl (C=O) groups is 1. The number of nitrogens with zero attached hydrogens (tertiary/aromatic N) is 1. The van der Waals surface area contributed by atoms with E-state index in [2.05, 4.69) is 0 Å².